The summed E-state index contributed by atoms with van der Waals surface area (Å²) in [5.74, 6) is 2.02. The van der Waals surface area contributed by atoms with E-state index in [-0.39, 0.29) is 6.03 Å². The van der Waals surface area contributed by atoms with Crippen LogP contribution in [0.15, 0.2) is 30.3 Å². The molecule has 1 aliphatic heterocycles. The summed E-state index contributed by atoms with van der Waals surface area (Å²) in [6, 6.07) is 9.29. The zero-order valence-electron chi connectivity index (χ0n) is 13.3. The highest BCUT2D eigenvalue weighted by molar-refractivity contribution is 5.88. The Hall–Kier alpha value is -2.76. The first kappa shape index (κ1) is 14.8. The lowest BCUT2D eigenvalue weighted by Crippen LogP contribution is -2.29. The molecule has 2 N–H and O–H groups in total. The smallest absolute Gasteiger partial charge is 0.320 e. The summed E-state index contributed by atoms with van der Waals surface area (Å²) in [5.41, 5.74) is 3.27. The third-order valence-corrected chi connectivity index (χ3v) is 4.26. The monoisotopic (exact) mass is 325 g/mol. The van der Waals surface area contributed by atoms with Crippen molar-refractivity contribution in [3.8, 4) is 11.5 Å². The Balaban J connectivity index is 1.39. The Morgan fingerprint density at radius 3 is 3.00 bits per heavy atom. The zero-order chi connectivity index (χ0) is 16.4. The Labute approximate surface area is 140 Å². The maximum Gasteiger partial charge on any atom is 0.320 e. The second kappa shape index (κ2) is 6.39. The minimum atomic E-state index is -0.283. The van der Waals surface area contributed by atoms with Crippen molar-refractivity contribution in [1.82, 2.24) is 10.3 Å². The molecule has 0 fully saturated rings. The summed E-state index contributed by atoms with van der Waals surface area (Å²) in [5, 5.41) is 5.63. The lowest BCUT2D eigenvalue weighted by Gasteiger charge is -2.21. The molecule has 1 aliphatic carbocycles. The number of ether oxygens (including phenoxy) is 2. The lowest BCUT2D eigenvalue weighted by molar-refractivity contribution is 0.169. The molecule has 2 aliphatic rings. The topological polar surface area (TPSA) is 72.5 Å². The minimum Gasteiger partial charge on any atom is -0.486 e. The van der Waals surface area contributed by atoms with Crippen molar-refractivity contribution in [2.75, 3.05) is 18.5 Å². The fourth-order valence-electron chi connectivity index (χ4n) is 3.10. The highest BCUT2D eigenvalue weighted by Crippen LogP contribution is 2.33. The van der Waals surface area contributed by atoms with Gasteiger partial charge < -0.3 is 14.8 Å². The molecule has 0 spiro atoms. The van der Waals surface area contributed by atoms with Gasteiger partial charge in [0.1, 0.15) is 19.0 Å². The highest BCUT2D eigenvalue weighted by Gasteiger charge is 2.16. The van der Waals surface area contributed by atoms with Crippen LogP contribution in [-0.4, -0.2) is 24.2 Å². The molecule has 0 saturated carbocycles. The van der Waals surface area contributed by atoms with Crippen molar-refractivity contribution in [2.24, 2.45) is 0 Å². The number of carbonyl (C=O) groups excluding carboxylic acids is 1. The number of urea groups is 1. The van der Waals surface area contributed by atoms with E-state index in [0.29, 0.717) is 31.3 Å². The van der Waals surface area contributed by atoms with Gasteiger partial charge in [-0.05, 0) is 37.0 Å². The van der Waals surface area contributed by atoms with Gasteiger partial charge in [0.05, 0.1) is 0 Å². The minimum absolute atomic E-state index is 0.283. The number of amides is 2. The van der Waals surface area contributed by atoms with Gasteiger partial charge in [-0.2, -0.15) is 0 Å². The molecular formula is C18H19N3O3. The summed E-state index contributed by atoms with van der Waals surface area (Å²) in [6.45, 7) is 1.44. The largest absolute Gasteiger partial charge is 0.486 e. The molecular weight excluding hydrogens is 306 g/mol. The van der Waals surface area contributed by atoms with Crippen LogP contribution in [0.5, 0.6) is 11.5 Å². The average Bonchev–Trinajstić information content (AvgIpc) is 3.07. The normalized spacial score (nSPS) is 14.8. The van der Waals surface area contributed by atoms with Crippen molar-refractivity contribution in [1.29, 1.82) is 0 Å². The van der Waals surface area contributed by atoms with E-state index in [1.54, 1.807) is 0 Å². The Morgan fingerprint density at radius 1 is 1.12 bits per heavy atom. The first-order valence-electron chi connectivity index (χ1n) is 8.21. The van der Waals surface area contributed by atoms with Crippen LogP contribution < -0.4 is 20.1 Å². The number of carbonyl (C=O) groups is 1. The second-order valence-electron chi connectivity index (χ2n) is 5.90. The number of hydrogen-bond acceptors (Lipinski definition) is 4. The average molecular weight is 325 g/mol. The van der Waals surface area contributed by atoms with Gasteiger partial charge in [-0.3, -0.25) is 5.32 Å². The molecule has 2 heterocycles. The summed E-state index contributed by atoms with van der Waals surface area (Å²) < 4.78 is 11.2. The second-order valence-corrected chi connectivity index (χ2v) is 5.90. The summed E-state index contributed by atoms with van der Waals surface area (Å²) in [4.78, 5) is 16.6. The number of para-hydroxylation sites is 1. The number of nitrogens with zero attached hydrogens (tertiary/aromatic N) is 1. The Kier molecular flexibility index (Phi) is 3.94. The number of fused-ring (bicyclic) bond motifs is 2. The number of rotatable bonds is 3. The fourth-order valence-corrected chi connectivity index (χ4v) is 3.10. The number of nitrogens with one attached hydrogen (secondary N) is 2. The number of aromatic nitrogens is 1. The van der Waals surface area contributed by atoms with Crippen molar-refractivity contribution in [3.63, 3.8) is 0 Å². The van der Waals surface area contributed by atoms with E-state index in [0.717, 1.165) is 36.3 Å². The molecule has 24 heavy (non-hydrogen) atoms. The number of hydrogen-bond donors (Lipinski definition) is 2. The standard InChI is InChI=1S/C18H19N3O3/c22-18(21-16-8-7-12-3-1-5-14(12)20-16)19-11-13-4-2-6-15-17(13)24-10-9-23-15/h2,4,6-8H,1,3,5,9-11H2,(H2,19,20,21,22). The van der Waals surface area contributed by atoms with Gasteiger partial charge in [-0.15, -0.1) is 0 Å². The molecule has 0 unspecified atom stereocenters. The van der Waals surface area contributed by atoms with Gasteiger partial charge in [-0.1, -0.05) is 18.2 Å². The van der Waals surface area contributed by atoms with E-state index >= 15 is 0 Å². The Morgan fingerprint density at radius 2 is 2.04 bits per heavy atom. The molecule has 4 rings (SSSR count). The third kappa shape index (κ3) is 2.99. The first-order chi connectivity index (χ1) is 11.8. The van der Waals surface area contributed by atoms with Gasteiger partial charge in [0.2, 0.25) is 0 Å². The molecule has 0 saturated heterocycles. The van der Waals surface area contributed by atoms with E-state index in [1.165, 1.54) is 5.56 Å². The van der Waals surface area contributed by atoms with Crippen LogP contribution >= 0.6 is 0 Å². The molecule has 6 heteroatoms. The number of pyridine rings is 1. The van der Waals surface area contributed by atoms with E-state index in [9.17, 15) is 4.79 Å². The molecule has 1 aromatic heterocycles. The van der Waals surface area contributed by atoms with Crippen LogP contribution in [0.25, 0.3) is 0 Å². The van der Waals surface area contributed by atoms with Crippen LogP contribution in [0.1, 0.15) is 23.2 Å². The third-order valence-electron chi connectivity index (χ3n) is 4.26. The zero-order valence-corrected chi connectivity index (χ0v) is 13.3. The summed E-state index contributed by atoms with van der Waals surface area (Å²) in [7, 11) is 0. The van der Waals surface area contributed by atoms with Crippen LogP contribution in [-0.2, 0) is 19.4 Å². The van der Waals surface area contributed by atoms with Crippen molar-refractivity contribution in [3.05, 3.63) is 47.2 Å². The fraction of sp³-hybridized carbons (Fsp3) is 0.333. The van der Waals surface area contributed by atoms with Crippen molar-refractivity contribution < 1.29 is 14.3 Å². The van der Waals surface area contributed by atoms with E-state index in [4.69, 9.17) is 9.47 Å². The number of anilines is 1. The predicted molar refractivity (Wildman–Crippen MR) is 89.6 cm³/mol. The molecule has 6 nitrogen and oxygen atoms in total. The first-order valence-corrected chi connectivity index (χ1v) is 8.21. The molecule has 0 bridgehead atoms. The maximum absolute atomic E-state index is 12.1. The summed E-state index contributed by atoms with van der Waals surface area (Å²) >= 11 is 0. The van der Waals surface area contributed by atoms with Gasteiger partial charge in [0.15, 0.2) is 11.5 Å². The molecule has 124 valence electrons. The van der Waals surface area contributed by atoms with E-state index in [1.807, 2.05) is 30.3 Å². The van der Waals surface area contributed by atoms with Crippen LogP contribution in [0.2, 0.25) is 0 Å². The van der Waals surface area contributed by atoms with Crippen LogP contribution in [0.4, 0.5) is 10.6 Å². The van der Waals surface area contributed by atoms with Gasteiger partial charge in [-0.25, -0.2) is 9.78 Å². The molecule has 2 amide bonds. The lowest BCUT2D eigenvalue weighted by atomic mass is 10.1. The molecule has 2 aromatic rings. The van der Waals surface area contributed by atoms with Crippen molar-refractivity contribution in [2.45, 2.75) is 25.8 Å². The highest BCUT2D eigenvalue weighted by atomic mass is 16.6. The van der Waals surface area contributed by atoms with Gasteiger partial charge >= 0.3 is 6.03 Å². The van der Waals surface area contributed by atoms with Crippen LogP contribution in [0, 0.1) is 0 Å². The van der Waals surface area contributed by atoms with Gasteiger partial charge in [0, 0.05) is 17.8 Å². The SMILES string of the molecule is O=C(NCc1cccc2c1OCCO2)Nc1ccc2c(n1)CCC2. The predicted octanol–water partition coefficient (Wildman–Crippen LogP) is 2.66. The van der Waals surface area contributed by atoms with Gasteiger partial charge in [0.25, 0.3) is 0 Å². The van der Waals surface area contributed by atoms with E-state index in [2.05, 4.69) is 15.6 Å². The van der Waals surface area contributed by atoms with E-state index < -0.39 is 0 Å². The maximum atomic E-state index is 12.1. The molecule has 0 radical (unpaired) electrons. The number of aryl methyl sites for hydroxylation is 2. The quantitative estimate of drug-likeness (QED) is 0.910. The number of benzene rings is 1. The van der Waals surface area contributed by atoms with Crippen LogP contribution in [0.3, 0.4) is 0 Å². The molecule has 0 atom stereocenters. The van der Waals surface area contributed by atoms with Crippen molar-refractivity contribution >= 4 is 11.8 Å². The Bertz CT molecular complexity index is 776. The molecule has 1 aromatic carbocycles. The summed E-state index contributed by atoms with van der Waals surface area (Å²) in [6.07, 6.45) is 3.20.